The summed E-state index contributed by atoms with van der Waals surface area (Å²) in [5, 5.41) is 9.10. The predicted octanol–water partition coefficient (Wildman–Crippen LogP) is 1.04. The lowest BCUT2D eigenvalue weighted by molar-refractivity contribution is -0.206. The van der Waals surface area contributed by atoms with E-state index in [4.69, 9.17) is 9.84 Å². The minimum Gasteiger partial charge on any atom is -0.383 e. The second-order valence-corrected chi connectivity index (χ2v) is 4.31. The van der Waals surface area contributed by atoms with E-state index in [1.165, 1.54) is 17.7 Å². The zero-order valence-corrected chi connectivity index (χ0v) is 11.2. The molecule has 0 radical (unpaired) electrons. The fourth-order valence-corrected chi connectivity index (χ4v) is 1.63. The number of halogens is 3. The number of ether oxygens (including phenoxy) is 1. The van der Waals surface area contributed by atoms with Crippen LogP contribution in [0.4, 0.5) is 13.2 Å². The van der Waals surface area contributed by atoms with Crippen molar-refractivity contribution in [1.29, 1.82) is 0 Å². The largest absolute Gasteiger partial charge is 0.416 e. The average molecular weight is 294 g/mol. The molecule has 8 heteroatoms. The van der Waals surface area contributed by atoms with E-state index in [2.05, 4.69) is 0 Å². The molecule has 0 aliphatic heterocycles. The topological polar surface area (TPSA) is 54.7 Å². The minimum atomic E-state index is -4.76. The first-order chi connectivity index (χ1) is 9.27. The Morgan fingerprint density at radius 1 is 1.55 bits per heavy atom. The first kappa shape index (κ1) is 16.5. The molecule has 1 amide bonds. The molecule has 5 nitrogen and oxygen atoms in total. The lowest BCUT2D eigenvalue weighted by Crippen LogP contribution is -2.45. The SMILES string of the molecule is COCCN(CC(O)C(F)(F)F)C(=O)c1cccn1C. The van der Waals surface area contributed by atoms with E-state index in [-0.39, 0.29) is 18.8 Å². The molecule has 1 rings (SSSR count). The van der Waals surface area contributed by atoms with E-state index in [1.807, 2.05) is 0 Å². The van der Waals surface area contributed by atoms with E-state index in [0.29, 0.717) is 0 Å². The maximum Gasteiger partial charge on any atom is 0.416 e. The molecular formula is C12H17F3N2O3. The lowest BCUT2D eigenvalue weighted by atomic mass is 10.2. The summed E-state index contributed by atoms with van der Waals surface area (Å²) in [6.45, 7) is -0.773. The van der Waals surface area contributed by atoms with Gasteiger partial charge in [-0.25, -0.2) is 0 Å². The van der Waals surface area contributed by atoms with Gasteiger partial charge in [0.1, 0.15) is 5.69 Å². The van der Waals surface area contributed by atoms with Crippen molar-refractivity contribution in [2.24, 2.45) is 7.05 Å². The van der Waals surface area contributed by atoms with Crippen LogP contribution in [0.25, 0.3) is 0 Å². The number of hydrogen-bond acceptors (Lipinski definition) is 3. The highest BCUT2D eigenvalue weighted by atomic mass is 19.4. The summed E-state index contributed by atoms with van der Waals surface area (Å²) in [6.07, 6.45) is -5.73. The van der Waals surface area contributed by atoms with Gasteiger partial charge < -0.3 is 19.3 Å². The number of aryl methyl sites for hydroxylation is 1. The van der Waals surface area contributed by atoms with Crippen LogP contribution in [0.2, 0.25) is 0 Å². The highest BCUT2D eigenvalue weighted by Gasteiger charge is 2.40. The molecule has 1 aromatic rings. The third-order valence-electron chi connectivity index (χ3n) is 2.79. The summed E-state index contributed by atoms with van der Waals surface area (Å²) < 4.78 is 43.5. The summed E-state index contributed by atoms with van der Waals surface area (Å²) in [6, 6.07) is 3.12. The van der Waals surface area contributed by atoms with E-state index in [0.717, 1.165) is 4.90 Å². The molecule has 20 heavy (non-hydrogen) atoms. The van der Waals surface area contributed by atoms with E-state index in [1.54, 1.807) is 19.3 Å². The van der Waals surface area contributed by atoms with Crippen LogP contribution in [0.1, 0.15) is 10.5 Å². The van der Waals surface area contributed by atoms with Gasteiger partial charge in [-0.3, -0.25) is 4.79 Å². The number of aromatic nitrogens is 1. The number of hydrogen-bond donors (Lipinski definition) is 1. The van der Waals surface area contributed by atoms with Gasteiger partial charge in [0.15, 0.2) is 6.10 Å². The molecule has 0 aromatic carbocycles. The Balaban J connectivity index is 2.84. The Kier molecular flexibility index (Phi) is 5.58. The molecule has 1 atom stereocenters. The highest BCUT2D eigenvalue weighted by molar-refractivity contribution is 5.92. The number of carbonyl (C=O) groups is 1. The molecule has 114 valence electrons. The molecule has 1 heterocycles. The van der Waals surface area contributed by atoms with Gasteiger partial charge >= 0.3 is 6.18 Å². The molecule has 0 aliphatic carbocycles. The second kappa shape index (κ2) is 6.76. The lowest BCUT2D eigenvalue weighted by Gasteiger charge is -2.26. The molecule has 0 spiro atoms. The zero-order valence-electron chi connectivity index (χ0n) is 11.2. The standard InChI is InChI=1S/C12H17F3N2O3/c1-16-5-3-4-9(16)11(19)17(6-7-20-2)8-10(18)12(13,14)15/h3-5,10,18H,6-8H2,1-2H3. The molecule has 1 N–H and O–H groups in total. The Labute approximate surface area is 114 Å². The first-order valence-electron chi connectivity index (χ1n) is 5.91. The Morgan fingerprint density at radius 2 is 2.20 bits per heavy atom. The Morgan fingerprint density at radius 3 is 2.65 bits per heavy atom. The van der Waals surface area contributed by atoms with Gasteiger partial charge in [-0.2, -0.15) is 13.2 Å². The number of aliphatic hydroxyl groups excluding tert-OH is 1. The maximum absolute atomic E-state index is 12.4. The van der Waals surface area contributed by atoms with Gasteiger partial charge in [0.2, 0.25) is 0 Å². The van der Waals surface area contributed by atoms with Crippen LogP contribution in [0, 0.1) is 0 Å². The molecule has 0 saturated carbocycles. The molecule has 0 bridgehead atoms. The van der Waals surface area contributed by atoms with Crippen molar-refractivity contribution >= 4 is 5.91 Å². The van der Waals surface area contributed by atoms with Gasteiger partial charge in [0.25, 0.3) is 5.91 Å². The minimum absolute atomic E-state index is 0.0341. The summed E-state index contributed by atoms with van der Waals surface area (Å²) in [5.41, 5.74) is 0.246. The Bertz CT molecular complexity index is 445. The van der Waals surface area contributed by atoms with Crippen molar-refractivity contribution in [1.82, 2.24) is 9.47 Å². The summed E-state index contributed by atoms with van der Waals surface area (Å²) in [4.78, 5) is 13.1. The molecule has 0 fully saturated rings. The van der Waals surface area contributed by atoms with Crippen molar-refractivity contribution in [3.05, 3.63) is 24.0 Å². The predicted molar refractivity (Wildman–Crippen MR) is 65.3 cm³/mol. The fraction of sp³-hybridized carbons (Fsp3) is 0.583. The third kappa shape index (κ3) is 4.24. The van der Waals surface area contributed by atoms with Crippen LogP contribution in [-0.4, -0.2) is 59.6 Å². The van der Waals surface area contributed by atoms with Crippen LogP contribution < -0.4 is 0 Å². The first-order valence-corrected chi connectivity index (χ1v) is 5.91. The molecule has 1 aromatic heterocycles. The summed E-state index contributed by atoms with van der Waals surface area (Å²) in [5.74, 6) is -0.585. The number of methoxy groups -OCH3 is 1. The van der Waals surface area contributed by atoms with Crippen molar-refractivity contribution in [2.75, 3.05) is 26.8 Å². The van der Waals surface area contributed by atoms with Crippen LogP contribution in [0.15, 0.2) is 18.3 Å². The van der Waals surface area contributed by atoms with Gasteiger partial charge in [-0.1, -0.05) is 0 Å². The van der Waals surface area contributed by atoms with Gasteiger partial charge in [0, 0.05) is 26.9 Å². The average Bonchev–Trinajstić information content (AvgIpc) is 2.78. The number of amides is 1. The number of nitrogens with zero attached hydrogens (tertiary/aromatic N) is 2. The van der Waals surface area contributed by atoms with Crippen molar-refractivity contribution in [3.63, 3.8) is 0 Å². The second-order valence-electron chi connectivity index (χ2n) is 4.31. The maximum atomic E-state index is 12.4. The van der Waals surface area contributed by atoms with E-state index < -0.39 is 24.7 Å². The zero-order chi connectivity index (χ0) is 15.3. The van der Waals surface area contributed by atoms with E-state index in [9.17, 15) is 18.0 Å². The number of carbonyl (C=O) groups excluding carboxylic acids is 1. The van der Waals surface area contributed by atoms with Gasteiger partial charge in [-0.15, -0.1) is 0 Å². The van der Waals surface area contributed by atoms with Crippen molar-refractivity contribution in [3.8, 4) is 0 Å². The number of alkyl halides is 3. The van der Waals surface area contributed by atoms with Crippen LogP contribution >= 0.6 is 0 Å². The van der Waals surface area contributed by atoms with Gasteiger partial charge in [0.05, 0.1) is 13.2 Å². The monoisotopic (exact) mass is 294 g/mol. The van der Waals surface area contributed by atoms with Crippen LogP contribution in [-0.2, 0) is 11.8 Å². The molecule has 0 saturated heterocycles. The highest BCUT2D eigenvalue weighted by Crippen LogP contribution is 2.21. The van der Waals surface area contributed by atoms with Crippen molar-refractivity contribution < 1.29 is 27.8 Å². The molecule has 1 unspecified atom stereocenters. The van der Waals surface area contributed by atoms with Crippen molar-refractivity contribution in [2.45, 2.75) is 12.3 Å². The summed E-state index contributed by atoms with van der Waals surface area (Å²) in [7, 11) is 2.99. The van der Waals surface area contributed by atoms with Crippen LogP contribution in [0.5, 0.6) is 0 Å². The molecular weight excluding hydrogens is 277 g/mol. The van der Waals surface area contributed by atoms with Gasteiger partial charge in [-0.05, 0) is 12.1 Å². The summed E-state index contributed by atoms with van der Waals surface area (Å²) >= 11 is 0. The number of aliphatic hydroxyl groups is 1. The normalized spacial score (nSPS) is 13.3. The van der Waals surface area contributed by atoms with E-state index >= 15 is 0 Å². The molecule has 0 aliphatic rings. The smallest absolute Gasteiger partial charge is 0.383 e. The third-order valence-corrected chi connectivity index (χ3v) is 2.79. The van der Waals surface area contributed by atoms with Crippen LogP contribution in [0.3, 0.4) is 0 Å². The quantitative estimate of drug-likeness (QED) is 0.853. The fourth-order valence-electron chi connectivity index (χ4n) is 1.63. The Hall–Kier alpha value is -1.54. The number of rotatable bonds is 6.